The third kappa shape index (κ3) is 5.00. The maximum Gasteiger partial charge on any atom is 0.243 e. The van der Waals surface area contributed by atoms with Gasteiger partial charge < -0.3 is 10.6 Å². The van der Waals surface area contributed by atoms with Crippen LogP contribution in [0.2, 0.25) is 0 Å². The molecule has 1 aliphatic rings. The molecular formula is C18H19F2N3O2S2. The molecule has 2 N–H and O–H groups in total. The highest BCUT2D eigenvalue weighted by Crippen LogP contribution is 2.22. The smallest absolute Gasteiger partial charge is 0.243 e. The van der Waals surface area contributed by atoms with Gasteiger partial charge >= 0.3 is 0 Å². The maximum atomic E-state index is 13.2. The van der Waals surface area contributed by atoms with Gasteiger partial charge in [-0.1, -0.05) is 6.42 Å². The lowest BCUT2D eigenvalue weighted by atomic mass is 10.2. The fourth-order valence-corrected chi connectivity index (χ4v) is 4.64. The molecular weight excluding hydrogens is 392 g/mol. The Kier molecular flexibility index (Phi) is 6.03. The zero-order chi connectivity index (χ0) is 19.4. The molecule has 0 bridgehead atoms. The van der Waals surface area contributed by atoms with Gasteiger partial charge in [0.1, 0.15) is 11.6 Å². The van der Waals surface area contributed by atoms with Gasteiger partial charge in [0.15, 0.2) is 5.11 Å². The van der Waals surface area contributed by atoms with Crippen LogP contribution in [0.15, 0.2) is 47.4 Å². The van der Waals surface area contributed by atoms with E-state index in [2.05, 4.69) is 10.6 Å². The molecule has 0 radical (unpaired) electrons. The van der Waals surface area contributed by atoms with Gasteiger partial charge in [-0.3, -0.25) is 0 Å². The van der Waals surface area contributed by atoms with Crippen LogP contribution >= 0.6 is 12.2 Å². The largest absolute Gasteiger partial charge is 0.332 e. The summed E-state index contributed by atoms with van der Waals surface area (Å²) in [6.07, 6.45) is 2.80. The van der Waals surface area contributed by atoms with Gasteiger partial charge in [0.2, 0.25) is 10.0 Å². The van der Waals surface area contributed by atoms with E-state index < -0.39 is 21.7 Å². The lowest BCUT2D eigenvalue weighted by Crippen LogP contribution is -2.35. The van der Waals surface area contributed by atoms with Crippen molar-refractivity contribution in [1.82, 2.24) is 4.31 Å². The molecule has 0 spiro atoms. The topological polar surface area (TPSA) is 61.4 Å². The van der Waals surface area contributed by atoms with E-state index in [9.17, 15) is 17.2 Å². The summed E-state index contributed by atoms with van der Waals surface area (Å²) in [5.74, 6) is -1.43. The summed E-state index contributed by atoms with van der Waals surface area (Å²) in [5.41, 5.74) is 0.733. The fraction of sp³-hybridized carbons (Fsp3) is 0.278. The van der Waals surface area contributed by atoms with E-state index in [4.69, 9.17) is 12.2 Å². The summed E-state index contributed by atoms with van der Waals surface area (Å²) in [7, 11) is -3.49. The van der Waals surface area contributed by atoms with Gasteiger partial charge in [-0.25, -0.2) is 17.2 Å². The summed E-state index contributed by atoms with van der Waals surface area (Å²) in [6, 6.07) is 9.21. The predicted octanol–water partition coefficient (Wildman–Crippen LogP) is 3.95. The number of hydrogen-bond donors (Lipinski definition) is 2. The highest BCUT2D eigenvalue weighted by atomic mass is 32.2. The highest BCUT2D eigenvalue weighted by molar-refractivity contribution is 7.89. The van der Waals surface area contributed by atoms with Crippen LogP contribution in [-0.2, 0) is 10.0 Å². The van der Waals surface area contributed by atoms with Crippen molar-refractivity contribution in [1.29, 1.82) is 0 Å². The Balaban J connectivity index is 1.65. The van der Waals surface area contributed by atoms with Crippen molar-refractivity contribution in [2.75, 3.05) is 23.7 Å². The number of hydrogen-bond acceptors (Lipinski definition) is 3. The number of sulfonamides is 1. The van der Waals surface area contributed by atoms with E-state index in [0.29, 0.717) is 18.8 Å². The van der Waals surface area contributed by atoms with Gasteiger partial charge in [0.25, 0.3) is 0 Å². The SMILES string of the molecule is O=S(=O)(c1ccc(NC(=S)Nc2cc(F)cc(F)c2)cc1)N1CCCCC1. The molecule has 5 nitrogen and oxygen atoms in total. The van der Waals surface area contributed by atoms with Crippen LogP contribution in [0.5, 0.6) is 0 Å². The Morgan fingerprint density at radius 1 is 0.889 bits per heavy atom. The second-order valence-corrected chi connectivity index (χ2v) is 8.57. The second-order valence-electron chi connectivity index (χ2n) is 6.23. The van der Waals surface area contributed by atoms with E-state index >= 15 is 0 Å². The van der Waals surface area contributed by atoms with Gasteiger partial charge in [-0.05, 0) is 61.5 Å². The zero-order valence-corrected chi connectivity index (χ0v) is 16.0. The van der Waals surface area contributed by atoms with Crippen molar-refractivity contribution in [2.24, 2.45) is 0 Å². The van der Waals surface area contributed by atoms with Gasteiger partial charge in [-0.2, -0.15) is 4.31 Å². The molecule has 1 heterocycles. The lowest BCUT2D eigenvalue weighted by Gasteiger charge is -2.25. The van der Waals surface area contributed by atoms with Crippen molar-refractivity contribution in [3.8, 4) is 0 Å². The van der Waals surface area contributed by atoms with Crippen LogP contribution in [0, 0.1) is 11.6 Å². The molecule has 9 heteroatoms. The van der Waals surface area contributed by atoms with Gasteiger partial charge in [-0.15, -0.1) is 0 Å². The molecule has 144 valence electrons. The van der Waals surface area contributed by atoms with Crippen molar-refractivity contribution in [3.05, 3.63) is 54.1 Å². The average molecular weight is 411 g/mol. The Morgan fingerprint density at radius 2 is 1.44 bits per heavy atom. The van der Waals surface area contributed by atoms with Crippen molar-refractivity contribution in [2.45, 2.75) is 24.2 Å². The first-order valence-corrected chi connectivity index (χ1v) is 10.3. The number of nitrogens with one attached hydrogen (secondary N) is 2. The summed E-state index contributed by atoms with van der Waals surface area (Å²) >= 11 is 5.12. The quantitative estimate of drug-likeness (QED) is 0.746. The number of benzene rings is 2. The van der Waals surface area contributed by atoms with Gasteiger partial charge in [0, 0.05) is 30.5 Å². The van der Waals surface area contributed by atoms with Crippen LogP contribution in [0.1, 0.15) is 19.3 Å². The highest BCUT2D eigenvalue weighted by Gasteiger charge is 2.25. The molecule has 2 aromatic rings. The summed E-state index contributed by atoms with van der Waals surface area (Å²) in [4.78, 5) is 0.223. The van der Waals surface area contributed by atoms with Crippen molar-refractivity contribution in [3.63, 3.8) is 0 Å². The maximum absolute atomic E-state index is 13.2. The Morgan fingerprint density at radius 3 is 2.04 bits per heavy atom. The standard InChI is InChI=1S/C18H19F2N3O2S2/c19-13-10-14(20)12-16(11-13)22-18(26)21-15-4-6-17(7-5-15)27(24,25)23-8-2-1-3-9-23/h4-7,10-12H,1-3,8-9H2,(H2,21,22,26). The molecule has 3 rings (SSSR count). The molecule has 1 aliphatic heterocycles. The third-order valence-electron chi connectivity index (χ3n) is 4.19. The average Bonchev–Trinajstić information content (AvgIpc) is 2.62. The van der Waals surface area contributed by atoms with Crippen LogP contribution in [0.4, 0.5) is 20.2 Å². The minimum Gasteiger partial charge on any atom is -0.332 e. The first-order valence-electron chi connectivity index (χ1n) is 8.49. The van der Waals surface area contributed by atoms with Crippen LogP contribution < -0.4 is 10.6 Å². The van der Waals surface area contributed by atoms with Crippen molar-refractivity contribution < 1.29 is 17.2 Å². The van der Waals surface area contributed by atoms with Crippen LogP contribution in [-0.4, -0.2) is 30.9 Å². The molecule has 2 aromatic carbocycles. The molecule has 1 saturated heterocycles. The molecule has 0 aliphatic carbocycles. The molecule has 0 atom stereocenters. The Hall–Kier alpha value is -2.10. The molecule has 0 aromatic heterocycles. The number of halogens is 2. The number of anilines is 2. The minimum absolute atomic E-state index is 0.131. The third-order valence-corrected chi connectivity index (χ3v) is 6.30. The fourth-order valence-electron chi connectivity index (χ4n) is 2.88. The van der Waals surface area contributed by atoms with E-state index in [1.807, 2.05) is 0 Å². The first kappa shape index (κ1) is 19.7. The number of nitrogens with zero attached hydrogens (tertiary/aromatic N) is 1. The first-order chi connectivity index (χ1) is 12.8. The summed E-state index contributed by atoms with van der Waals surface area (Å²) < 4.78 is 53.2. The normalized spacial score (nSPS) is 15.3. The molecule has 27 heavy (non-hydrogen) atoms. The van der Waals surface area contributed by atoms with Crippen LogP contribution in [0.3, 0.4) is 0 Å². The predicted molar refractivity (Wildman–Crippen MR) is 105 cm³/mol. The Bertz CT molecular complexity index is 908. The minimum atomic E-state index is -3.49. The Labute approximate surface area is 162 Å². The van der Waals surface area contributed by atoms with Gasteiger partial charge in [0.05, 0.1) is 4.90 Å². The van der Waals surface area contributed by atoms with E-state index in [0.717, 1.165) is 37.5 Å². The molecule has 0 unspecified atom stereocenters. The van der Waals surface area contributed by atoms with Crippen molar-refractivity contribution >= 4 is 38.7 Å². The summed E-state index contributed by atoms with van der Waals surface area (Å²) in [5, 5.41) is 5.67. The zero-order valence-electron chi connectivity index (χ0n) is 14.4. The monoisotopic (exact) mass is 411 g/mol. The van der Waals surface area contributed by atoms with E-state index in [-0.39, 0.29) is 15.7 Å². The second kappa shape index (κ2) is 8.28. The molecule has 0 amide bonds. The lowest BCUT2D eigenvalue weighted by molar-refractivity contribution is 0.346. The molecule has 0 saturated carbocycles. The number of rotatable bonds is 4. The number of thiocarbonyl (C=S) groups is 1. The molecule has 1 fully saturated rings. The van der Waals surface area contributed by atoms with Crippen LogP contribution in [0.25, 0.3) is 0 Å². The van der Waals surface area contributed by atoms with E-state index in [1.54, 1.807) is 12.1 Å². The summed E-state index contributed by atoms with van der Waals surface area (Å²) in [6.45, 7) is 1.08. The number of piperidine rings is 1. The van der Waals surface area contributed by atoms with E-state index in [1.165, 1.54) is 16.4 Å².